The van der Waals surface area contributed by atoms with Crippen LogP contribution in [-0.4, -0.2) is 40.3 Å². The van der Waals surface area contributed by atoms with E-state index in [0.717, 1.165) is 4.31 Å². The lowest BCUT2D eigenvalue weighted by Gasteiger charge is -2.23. The van der Waals surface area contributed by atoms with Gasteiger partial charge in [0.05, 0.1) is 23.4 Å². The first-order valence-corrected chi connectivity index (χ1v) is 12.8. The Bertz CT molecular complexity index is 1330. The van der Waals surface area contributed by atoms with E-state index in [9.17, 15) is 13.2 Å². The summed E-state index contributed by atoms with van der Waals surface area (Å²) >= 11 is 6.08. The van der Waals surface area contributed by atoms with E-state index in [1.165, 1.54) is 24.4 Å². The summed E-state index contributed by atoms with van der Waals surface area (Å²) in [6.07, 6.45) is 3.05. The van der Waals surface area contributed by atoms with Gasteiger partial charge in [-0.25, -0.2) is 13.8 Å². The maximum absolute atomic E-state index is 13.3. The number of hydrogen-bond acceptors (Lipinski definition) is 6. The van der Waals surface area contributed by atoms with Crippen LogP contribution in [0.3, 0.4) is 0 Å². The molecular formula is C26H26ClN3O5S. The van der Waals surface area contributed by atoms with Crippen LogP contribution in [0.4, 0.5) is 5.69 Å². The number of carbonyl (C=O) groups excluding carboxylic acids is 1. The van der Waals surface area contributed by atoms with Crippen molar-refractivity contribution in [3.63, 3.8) is 0 Å². The van der Waals surface area contributed by atoms with Crippen LogP contribution in [0.5, 0.6) is 11.5 Å². The Kier molecular flexibility index (Phi) is 9.49. The second kappa shape index (κ2) is 12.8. The zero-order valence-electron chi connectivity index (χ0n) is 19.6. The molecule has 1 amide bonds. The molecule has 8 nitrogen and oxygen atoms in total. The summed E-state index contributed by atoms with van der Waals surface area (Å²) in [5, 5.41) is 4.31. The van der Waals surface area contributed by atoms with Crippen molar-refractivity contribution in [1.82, 2.24) is 5.43 Å². The Hall–Kier alpha value is -3.82. The molecule has 0 heterocycles. The number of benzene rings is 3. The summed E-state index contributed by atoms with van der Waals surface area (Å²) in [6, 6.07) is 19.3. The van der Waals surface area contributed by atoms with Crippen molar-refractivity contribution >= 4 is 39.4 Å². The fourth-order valence-electron chi connectivity index (χ4n) is 3.15. The van der Waals surface area contributed by atoms with Crippen LogP contribution in [0, 0.1) is 0 Å². The first-order chi connectivity index (χ1) is 17.3. The smallest absolute Gasteiger partial charge is 0.264 e. The summed E-state index contributed by atoms with van der Waals surface area (Å²) in [7, 11) is -4.04. The number of ether oxygens (including phenoxy) is 2. The van der Waals surface area contributed by atoms with Crippen molar-refractivity contribution in [3.8, 4) is 11.5 Å². The van der Waals surface area contributed by atoms with E-state index in [-0.39, 0.29) is 10.6 Å². The SMILES string of the molecule is C=CCOc1ccc(/C=N\NC(=O)CN(c2cccc(Cl)c2)S(=O)(=O)c2ccccc2)cc1OCC. The van der Waals surface area contributed by atoms with Crippen molar-refractivity contribution in [2.75, 3.05) is 24.1 Å². The fourth-order valence-corrected chi connectivity index (χ4v) is 4.77. The van der Waals surface area contributed by atoms with Crippen LogP contribution in [0.25, 0.3) is 0 Å². The molecule has 0 aliphatic carbocycles. The highest BCUT2D eigenvalue weighted by Gasteiger charge is 2.27. The molecule has 0 aliphatic rings. The standard InChI is InChI=1S/C26H26ClN3O5S/c1-3-15-35-24-14-13-20(16-25(24)34-4-2)18-28-29-26(31)19-30(22-10-8-9-21(27)17-22)36(32,33)23-11-6-5-7-12-23/h3,5-14,16-18H,1,4,15,19H2,2H3,(H,29,31)/b28-18-. The normalized spacial score (nSPS) is 11.2. The summed E-state index contributed by atoms with van der Waals surface area (Å²) < 4.78 is 38.8. The maximum Gasteiger partial charge on any atom is 0.264 e. The molecule has 0 bridgehead atoms. The number of carbonyl (C=O) groups is 1. The molecule has 0 fully saturated rings. The fraction of sp³-hybridized carbons (Fsp3) is 0.154. The molecule has 0 atom stereocenters. The summed E-state index contributed by atoms with van der Waals surface area (Å²) in [5.74, 6) is 0.443. The molecule has 0 saturated carbocycles. The Morgan fingerprint density at radius 2 is 1.83 bits per heavy atom. The number of hydrogen-bond donors (Lipinski definition) is 1. The first kappa shape index (κ1) is 26.8. The number of anilines is 1. The van der Waals surface area contributed by atoms with Gasteiger partial charge in [-0.15, -0.1) is 0 Å². The lowest BCUT2D eigenvalue weighted by Crippen LogP contribution is -2.39. The minimum Gasteiger partial charge on any atom is -0.490 e. The van der Waals surface area contributed by atoms with Gasteiger partial charge in [-0.05, 0) is 61.0 Å². The van der Waals surface area contributed by atoms with E-state index in [1.807, 2.05) is 6.92 Å². The first-order valence-electron chi connectivity index (χ1n) is 11.0. The van der Waals surface area contributed by atoms with Crippen molar-refractivity contribution in [3.05, 3.63) is 96.0 Å². The van der Waals surface area contributed by atoms with Gasteiger partial charge in [0.15, 0.2) is 11.5 Å². The van der Waals surface area contributed by atoms with Gasteiger partial charge in [-0.3, -0.25) is 9.10 Å². The number of amides is 1. The van der Waals surface area contributed by atoms with Gasteiger partial charge in [0.2, 0.25) is 0 Å². The number of sulfonamides is 1. The summed E-state index contributed by atoms with van der Waals surface area (Å²) in [5.41, 5.74) is 3.27. The minimum atomic E-state index is -4.04. The predicted molar refractivity (Wildman–Crippen MR) is 141 cm³/mol. The molecule has 0 radical (unpaired) electrons. The Morgan fingerprint density at radius 1 is 1.06 bits per heavy atom. The van der Waals surface area contributed by atoms with E-state index in [0.29, 0.717) is 35.3 Å². The molecule has 36 heavy (non-hydrogen) atoms. The number of hydrazone groups is 1. The van der Waals surface area contributed by atoms with Crippen molar-refractivity contribution < 1.29 is 22.7 Å². The van der Waals surface area contributed by atoms with E-state index in [1.54, 1.807) is 60.7 Å². The maximum atomic E-state index is 13.3. The van der Waals surface area contributed by atoms with Crippen LogP contribution < -0.4 is 19.2 Å². The second-order valence-electron chi connectivity index (χ2n) is 7.34. The topological polar surface area (TPSA) is 97.3 Å². The molecule has 3 aromatic rings. The largest absolute Gasteiger partial charge is 0.490 e. The van der Waals surface area contributed by atoms with E-state index in [4.69, 9.17) is 21.1 Å². The third-order valence-electron chi connectivity index (χ3n) is 4.74. The molecular weight excluding hydrogens is 502 g/mol. The molecule has 0 aliphatic heterocycles. The molecule has 0 aromatic heterocycles. The average molecular weight is 528 g/mol. The van der Waals surface area contributed by atoms with E-state index < -0.39 is 22.5 Å². The molecule has 188 valence electrons. The van der Waals surface area contributed by atoms with Crippen LogP contribution in [0.15, 0.2) is 95.4 Å². The van der Waals surface area contributed by atoms with E-state index >= 15 is 0 Å². The van der Waals surface area contributed by atoms with Gasteiger partial charge >= 0.3 is 0 Å². The monoisotopic (exact) mass is 527 g/mol. The zero-order chi connectivity index (χ0) is 26.0. The van der Waals surface area contributed by atoms with Crippen LogP contribution in [0.2, 0.25) is 5.02 Å². The quantitative estimate of drug-likeness (QED) is 0.210. The zero-order valence-corrected chi connectivity index (χ0v) is 21.2. The van der Waals surface area contributed by atoms with Gasteiger partial charge in [-0.1, -0.05) is 48.5 Å². The highest BCUT2D eigenvalue weighted by molar-refractivity contribution is 7.92. The van der Waals surface area contributed by atoms with Crippen molar-refractivity contribution in [2.24, 2.45) is 5.10 Å². The summed E-state index contributed by atoms with van der Waals surface area (Å²) in [6.45, 7) is 5.75. The Morgan fingerprint density at radius 3 is 2.53 bits per heavy atom. The molecule has 1 N–H and O–H groups in total. The van der Waals surface area contributed by atoms with Gasteiger partial charge < -0.3 is 9.47 Å². The lowest BCUT2D eigenvalue weighted by atomic mass is 10.2. The molecule has 10 heteroatoms. The van der Waals surface area contributed by atoms with Crippen molar-refractivity contribution in [2.45, 2.75) is 11.8 Å². The highest BCUT2D eigenvalue weighted by Crippen LogP contribution is 2.28. The molecule has 3 aromatic carbocycles. The Labute approximate surface area is 215 Å². The van der Waals surface area contributed by atoms with Crippen LogP contribution in [0.1, 0.15) is 12.5 Å². The van der Waals surface area contributed by atoms with Gasteiger partial charge in [0.1, 0.15) is 13.2 Å². The second-order valence-corrected chi connectivity index (χ2v) is 9.64. The summed E-state index contributed by atoms with van der Waals surface area (Å²) in [4.78, 5) is 12.7. The van der Waals surface area contributed by atoms with E-state index in [2.05, 4.69) is 17.1 Å². The van der Waals surface area contributed by atoms with Crippen LogP contribution >= 0.6 is 11.6 Å². The highest BCUT2D eigenvalue weighted by atomic mass is 35.5. The third kappa shape index (κ3) is 7.10. The average Bonchev–Trinajstić information content (AvgIpc) is 2.87. The van der Waals surface area contributed by atoms with Gasteiger partial charge in [0, 0.05) is 5.02 Å². The van der Waals surface area contributed by atoms with Crippen molar-refractivity contribution in [1.29, 1.82) is 0 Å². The van der Waals surface area contributed by atoms with Gasteiger partial charge in [-0.2, -0.15) is 5.10 Å². The Balaban J connectivity index is 1.77. The predicted octanol–water partition coefficient (Wildman–Crippen LogP) is 4.65. The third-order valence-corrected chi connectivity index (χ3v) is 6.76. The molecule has 0 saturated heterocycles. The number of nitrogens with one attached hydrogen (secondary N) is 1. The number of halogens is 1. The number of rotatable bonds is 12. The lowest BCUT2D eigenvalue weighted by molar-refractivity contribution is -0.119. The number of nitrogens with zero attached hydrogens (tertiary/aromatic N) is 2. The minimum absolute atomic E-state index is 0.0449. The molecule has 0 spiro atoms. The van der Waals surface area contributed by atoms with Gasteiger partial charge in [0.25, 0.3) is 15.9 Å². The molecule has 0 unspecified atom stereocenters. The molecule has 3 rings (SSSR count). The van der Waals surface area contributed by atoms with Crippen LogP contribution in [-0.2, 0) is 14.8 Å².